The summed E-state index contributed by atoms with van der Waals surface area (Å²) in [7, 11) is 1.48. The van der Waals surface area contributed by atoms with Gasteiger partial charge >= 0.3 is 0 Å². The van der Waals surface area contributed by atoms with E-state index < -0.39 is 11.5 Å². The highest BCUT2D eigenvalue weighted by molar-refractivity contribution is 6.31. The van der Waals surface area contributed by atoms with Crippen LogP contribution in [-0.2, 0) is 14.4 Å². The lowest BCUT2D eigenvalue weighted by molar-refractivity contribution is -0.136. The number of hydrogen-bond acceptors (Lipinski definition) is 7. The summed E-state index contributed by atoms with van der Waals surface area (Å²) in [6.07, 6.45) is 0.0159. The lowest BCUT2D eigenvalue weighted by Crippen LogP contribution is -2.40. The van der Waals surface area contributed by atoms with E-state index in [1.54, 1.807) is 42.5 Å². The minimum Gasteiger partial charge on any atom is -0.493 e. The molecule has 8 nitrogen and oxygen atoms in total. The molecule has 1 atom stereocenters. The van der Waals surface area contributed by atoms with E-state index in [0.717, 1.165) is 4.90 Å². The number of carbonyl (C=O) groups excluding carboxylic acids is 2. The second-order valence-corrected chi connectivity index (χ2v) is 7.24. The van der Waals surface area contributed by atoms with Crippen molar-refractivity contribution in [1.29, 1.82) is 5.26 Å². The van der Waals surface area contributed by atoms with Gasteiger partial charge in [0.05, 0.1) is 24.9 Å². The number of imide groups is 1. The average Bonchev–Trinajstić information content (AvgIpc) is 3.27. The predicted molar refractivity (Wildman–Crippen MR) is 108 cm³/mol. The fourth-order valence-corrected chi connectivity index (χ4v) is 3.70. The number of hydrogen-bond donors (Lipinski definition) is 0. The summed E-state index contributed by atoms with van der Waals surface area (Å²) in [5, 5.41) is 13.2. The molecule has 9 heteroatoms. The van der Waals surface area contributed by atoms with Gasteiger partial charge in [-0.25, -0.2) is 4.90 Å². The zero-order chi connectivity index (χ0) is 21.3. The number of amides is 2. The minimum absolute atomic E-state index is 0.112. The van der Waals surface area contributed by atoms with Crippen LogP contribution >= 0.6 is 11.6 Å². The van der Waals surface area contributed by atoms with Crippen molar-refractivity contribution in [1.82, 2.24) is 0 Å². The Morgan fingerprint density at radius 3 is 2.80 bits per heavy atom. The van der Waals surface area contributed by atoms with Crippen LogP contribution in [0.5, 0.6) is 11.5 Å². The van der Waals surface area contributed by atoms with Gasteiger partial charge in [0.1, 0.15) is 6.07 Å². The highest BCUT2D eigenvalue weighted by atomic mass is 35.5. The molecule has 0 aliphatic carbocycles. The Kier molecular flexibility index (Phi) is 5.06. The lowest BCUT2D eigenvalue weighted by Gasteiger charge is -2.19. The molecule has 4 rings (SSSR count). The SMILES string of the molecule is COc1cc(C2=NOC3(CC(=O)N(c4cccc(Cl)c4)C3=O)C2)ccc1OCC#N. The van der Waals surface area contributed by atoms with Gasteiger partial charge in [0, 0.05) is 17.0 Å². The number of benzene rings is 2. The van der Waals surface area contributed by atoms with Gasteiger partial charge in [-0.05, 0) is 36.4 Å². The molecule has 1 saturated heterocycles. The largest absolute Gasteiger partial charge is 0.493 e. The van der Waals surface area contributed by atoms with E-state index in [9.17, 15) is 9.59 Å². The Bertz CT molecular complexity index is 1110. The maximum absolute atomic E-state index is 13.1. The number of methoxy groups -OCH3 is 1. The third-order valence-electron chi connectivity index (χ3n) is 4.92. The number of rotatable bonds is 5. The first kappa shape index (κ1) is 19.7. The molecule has 2 aromatic carbocycles. The van der Waals surface area contributed by atoms with Crippen molar-refractivity contribution in [2.45, 2.75) is 18.4 Å². The van der Waals surface area contributed by atoms with E-state index in [4.69, 9.17) is 31.2 Å². The summed E-state index contributed by atoms with van der Waals surface area (Å²) in [5.41, 5.74) is 0.189. The zero-order valence-corrected chi connectivity index (χ0v) is 16.7. The zero-order valence-electron chi connectivity index (χ0n) is 15.9. The first-order valence-corrected chi connectivity index (χ1v) is 9.41. The average molecular weight is 426 g/mol. The molecule has 0 bridgehead atoms. The van der Waals surface area contributed by atoms with E-state index in [1.165, 1.54) is 7.11 Å². The van der Waals surface area contributed by atoms with Crippen molar-refractivity contribution in [2.24, 2.45) is 5.16 Å². The number of ether oxygens (including phenoxy) is 2. The van der Waals surface area contributed by atoms with Crippen molar-refractivity contribution in [2.75, 3.05) is 18.6 Å². The van der Waals surface area contributed by atoms with Gasteiger partial charge in [-0.1, -0.05) is 22.8 Å². The Labute approximate surface area is 177 Å². The third-order valence-corrected chi connectivity index (χ3v) is 5.15. The molecule has 1 unspecified atom stereocenters. The van der Waals surface area contributed by atoms with Crippen LogP contribution in [0.15, 0.2) is 47.6 Å². The van der Waals surface area contributed by atoms with Gasteiger partial charge in [0.15, 0.2) is 18.1 Å². The minimum atomic E-state index is -1.38. The molecule has 2 aliphatic rings. The Morgan fingerprint density at radius 1 is 1.23 bits per heavy atom. The molecule has 0 radical (unpaired) electrons. The summed E-state index contributed by atoms with van der Waals surface area (Å²) in [5.74, 6) is -0.0249. The van der Waals surface area contributed by atoms with Gasteiger partial charge in [0.2, 0.25) is 11.5 Å². The van der Waals surface area contributed by atoms with Crippen LogP contribution in [0.25, 0.3) is 0 Å². The van der Waals surface area contributed by atoms with Crippen molar-refractivity contribution in [3.63, 3.8) is 0 Å². The predicted octanol–water partition coefficient (Wildman–Crippen LogP) is 3.08. The Morgan fingerprint density at radius 2 is 2.07 bits per heavy atom. The van der Waals surface area contributed by atoms with Gasteiger partial charge in [-0.2, -0.15) is 5.26 Å². The smallest absolute Gasteiger partial charge is 0.281 e. The van der Waals surface area contributed by atoms with Gasteiger partial charge in [-0.3, -0.25) is 9.59 Å². The molecule has 2 aromatic rings. The Balaban J connectivity index is 1.57. The van der Waals surface area contributed by atoms with Crippen molar-refractivity contribution in [3.05, 3.63) is 53.1 Å². The first-order valence-electron chi connectivity index (χ1n) is 9.03. The maximum Gasteiger partial charge on any atom is 0.281 e. The maximum atomic E-state index is 13.1. The fraction of sp³-hybridized carbons (Fsp3) is 0.238. The fourth-order valence-electron chi connectivity index (χ4n) is 3.51. The van der Waals surface area contributed by atoms with Gasteiger partial charge in [0.25, 0.3) is 5.91 Å². The quantitative estimate of drug-likeness (QED) is 0.682. The normalized spacial score (nSPS) is 20.2. The Hall–Kier alpha value is -3.57. The van der Waals surface area contributed by atoms with E-state index in [-0.39, 0.29) is 25.4 Å². The van der Waals surface area contributed by atoms with Crippen LogP contribution < -0.4 is 14.4 Å². The molecule has 0 N–H and O–H groups in total. The van der Waals surface area contributed by atoms with E-state index in [0.29, 0.717) is 33.5 Å². The molecular formula is C21H16ClN3O5. The monoisotopic (exact) mass is 425 g/mol. The highest BCUT2D eigenvalue weighted by Crippen LogP contribution is 2.40. The molecule has 30 heavy (non-hydrogen) atoms. The number of oxime groups is 1. The molecule has 1 fully saturated rings. The van der Waals surface area contributed by atoms with E-state index in [1.807, 2.05) is 6.07 Å². The standard InChI is InChI=1S/C21H16ClN3O5/c1-28-18-9-13(5-6-17(18)29-8-7-23)16-11-21(30-24-16)12-19(26)25(20(21)27)15-4-2-3-14(22)10-15/h2-6,9-10H,8,11-12H2,1H3. The molecule has 0 aromatic heterocycles. The summed E-state index contributed by atoms with van der Waals surface area (Å²) in [6, 6.07) is 13.5. The summed E-state index contributed by atoms with van der Waals surface area (Å²) in [4.78, 5) is 32.3. The molecule has 2 amide bonds. The van der Waals surface area contributed by atoms with Gasteiger partial charge < -0.3 is 14.3 Å². The molecule has 0 saturated carbocycles. The van der Waals surface area contributed by atoms with Crippen LogP contribution in [0, 0.1) is 11.3 Å². The third kappa shape index (κ3) is 3.33. The molecule has 1 spiro atoms. The van der Waals surface area contributed by atoms with Crippen LogP contribution in [-0.4, -0.2) is 36.8 Å². The van der Waals surface area contributed by atoms with Crippen LogP contribution in [0.2, 0.25) is 5.02 Å². The van der Waals surface area contributed by atoms with Crippen LogP contribution in [0.4, 0.5) is 5.69 Å². The number of anilines is 1. The number of nitriles is 1. The molecule has 152 valence electrons. The lowest BCUT2D eigenvalue weighted by atomic mass is 9.92. The topological polar surface area (TPSA) is 101 Å². The number of carbonyl (C=O) groups is 2. The molecule has 2 heterocycles. The second-order valence-electron chi connectivity index (χ2n) is 6.80. The van der Waals surface area contributed by atoms with Gasteiger partial charge in [-0.15, -0.1) is 0 Å². The van der Waals surface area contributed by atoms with Crippen molar-refractivity contribution >= 4 is 34.8 Å². The first-order chi connectivity index (χ1) is 14.5. The van der Waals surface area contributed by atoms with Crippen LogP contribution in [0.3, 0.4) is 0 Å². The van der Waals surface area contributed by atoms with Crippen LogP contribution in [0.1, 0.15) is 18.4 Å². The molecule has 2 aliphatic heterocycles. The summed E-state index contributed by atoms with van der Waals surface area (Å²) in [6.45, 7) is -0.112. The number of halogens is 1. The van der Waals surface area contributed by atoms with Crippen molar-refractivity contribution in [3.8, 4) is 17.6 Å². The number of nitrogens with zero attached hydrogens (tertiary/aromatic N) is 3. The van der Waals surface area contributed by atoms with E-state index in [2.05, 4.69) is 5.16 Å². The van der Waals surface area contributed by atoms with Crippen molar-refractivity contribution < 1.29 is 23.9 Å². The highest BCUT2D eigenvalue weighted by Gasteiger charge is 2.58. The summed E-state index contributed by atoms with van der Waals surface area (Å²) < 4.78 is 10.6. The molecular weight excluding hydrogens is 410 g/mol. The summed E-state index contributed by atoms with van der Waals surface area (Å²) >= 11 is 6.00. The second kappa shape index (κ2) is 7.69. The van der Waals surface area contributed by atoms with E-state index >= 15 is 0 Å².